The summed E-state index contributed by atoms with van der Waals surface area (Å²) in [6.45, 7) is 1.53. The Labute approximate surface area is 130 Å². The lowest BCUT2D eigenvalue weighted by atomic mass is 10.2. The van der Waals surface area contributed by atoms with Crippen molar-refractivity contribution >= 4 is 46.9 Å². The van der Waals surface area contributed by atoms with E-state index in [0.717, 1.165) is 12.1 Å². The standard InChI is InChI=1S/C12H12Cl2N2O5/c1-2-21-9(17)5-15-12(20)16-10-7(13)3-6(11(18)19)4-8(10)14/h3-4H,2,5H2,1H3,(H,18,19)(H2,15,16,20). The first-order chi connectivity index (χ1) is 9.85. The summed E-state index contributed by atoms with van der Waals surface area (Å²) in [4.78, 5) is 33.5. The summed E-state index contributed by atoms with van der Waals surface area (Å²) in [5.74, 6) is -1.79. The SMILES string of the molecule is CCOC(=O)CNC(=O)Nc1c(Cl)cc(C(=O)O)cc1Cl. The molecule has 0 aromatic heterocycles. The van der Waals surface area contributed by atoms with E-state index in [9.17, 15) is 14.4 Å². The minimum absolute atomic E-state index is 0.0359. The van der Waals surface area contributed by atoms with E-state index in [1.54, 1.807) is 6.92 Å². The summed E-state index contributed by atoms with van der Waals surface area (Å²) in [6.07, 6.45) is 0. The highest BCUT2D eigenvalue weighted by molar-refractivity contribution is 6.40. The van der Waals surface area contributed by atoms with Gasteiger partial charge in [-0.3, -0.25) is 4.79 Å². The Morgan fingerprint density at radius 2 is 1.81 bits per heavy atom. The van der Waals surface area contributed by atoms with Gasteiger partial charge in [-0.15, -0.1) is 0 Å². The van der Waals surface area contributed by atoms with Crippen LogP contribution in [-0.2, 0) is 9.53 Å². The first-order valence-corrected chi connectivity index (χ1v) is 6.53. The predicted molar refractivity (Wildman–Crippen MR) is 77.1 cm³/mol. The average molecular weight is 335 g/mol. The number of carbonyl (C=O) groups is 3. The molecule has 0 atom stereocenters. The lowest BCUT2D eigenvalue weighted by Crippen LogP contribution is -2.34. The molecule has 0 bridgehead atoms. The van der Waals surface area contributed by atoms with Gasteiger partial charge in [-0.05, 0) is 19.1 Å². The Balaban J connectivity index is 2.72. The van der Waals surface area contributed by atoms with Crippen molar-refractivity contribution in [3.63, 3.8) is 0 Å². The molecule has 0 aliphatic rings. The molecular formula is C12H12Cl2N2O5. The lowest BCUT2D eigenvalue weighted by Gasteiger charge is -2.11. The van der Waals surface area contributed by atoms with E-state index >= 15 is 0 Å². The second-order valence-corrected chi connectivity index (χ2v) is 4.55. The molecule has 21 heavy (non-hydrogen) atoms. The fourth-order valence-corrected chi connectivity index (χ4v) is 1.92. The number of carbonyl (C=O) groups excluding carboxylic acids is 2. The van der Waals surface area contributed by atoms with Crippen molar-refractivity contribution in [2.24, 2.45) is 0 Å². The fraction of sp³-hybridized carbons (Fsp3) is 0.250. The summed E-state index contributed by atoms with van der Waals surface area (Å²) >= 11 is 11.7. The van der Waals surface area contributed by atoms with Crippen molar-refractivity contribution in [1.82, 2.24) is 5.32 Å². The zero-order chi connectivity index (χ0) is 16.0. The molecule has 0 aliphatic carbocycles. The summed E-state index contributed by atoms with van der Waals surface area (Å²) in [7, 11) is 0. The Bertz CT molecular complexity index is 554. The number of anilines is 1. The first-order valence-electron chi connectivity index (χ1n) is 5.78. The van der Waals surface area contributed by atoms with Crippen molar-refractivity contribution in [3.8, 4) is 0 Å². The van der Waals surface area contributed by atoms with Crippen LogP contribution < -0.4 is 10.6 Å². The summed E-state index contributed by atoms with van der Waals surface area (Å²) in [5, 5.41) is 13.3. The van der Waals surface area contributed by atoms with E-state index in [1.165, 1.54) is 0 Å². The zero-order valence-corrected chi connectivity index (χ0v) is 12.4. The molecule has 7 nitrogen and oxygen atoms in total. The van der Waals surface area contributed by atoms with Gasteiger partial charge in [0, 0.05) is 0 Å². The number of aromatic carboxylic acids is 1. The molecule has 1 aromatic rings. The number of benzene rings is 1. The maximum atomic E-state index is 11.6. The molecule has 0 heterocycles. The molecule has 9 heteroatoms. The fourth-order valence-electron chi connectivity index (χ4n) is 1.34. The van der Waals surface area contributed by atoms with Crippen LogP contribution in [0, 0.1) is 0 Å². The highest BCUT2D eigenvalue weighted by Crippen LogP contribution is 2.31. The average Bonchev–Trinajstić information content (AvgIpc) is 2.40. The number of hydrogen-bond acceptors (Lipinski definition) is 4. The number of amides is 2. The molecule has 0 radical (unpaired) electrons. The number of esters is 1. The molecule has 1 aromatic carbocycles. The van der Waals surface area contributed by atoms with Gasteiger partial charge in [-0.1, -0.05) is 23.2 Å². The monoisotopic (exact) mass is 334 g/mol. The Morgan fingerprint density at radius 1 is 1.24 bits per heavy atom. The van der Waals surface area contributed by atoms with Crippen LogP contribution in [0.3, 0.4) is 0 Å². The molecule has 0 aliphatic heterocycles. The smallest absolute Gasteiger partial charge is 0.335 e. The Morgan fingerprint density at radius 3 is 2.29 bits per heavy atom. The lowest BCUT2D eigenvalue weighted by molar-refractivity contribution is -0.141. The van der Waals surface area contributed by atoms with Crippen LogP contribution in [0.25, 0.3) is 0 Å². The molecule has 0 fully saturated rings. The largest absolute Gasteiger partial charge is 0.478 e. The Hall–Kier alpha value is -1.99. The topological polar surface area (TPSA) is 105 Å². The van der Waals surface area contributed by atoms with E-state index in [2.05, 4.69) is 15.4 Å². The van der Waals surface area contributed by atoms with Gasteiger partial charge in [0.25, 0.3) is 0 Å². The third-order valence-corrected chi connectivity index (χ3v) is 2.82. The normalized spacial score (nSPS) is 9.86. The van der Waals surface area contributed by atoms with Gasteiger partial charge in [0.15, 0.2) is 0 Å². The molecule has 0 spiro atoms. The number of nitrogens with one attached hydrogen (secondary N) is 2. The number of ether oxygens (including phenoxy) is 1. The molecule has 0 unspecified atom stereocenters. The van der Waals surface area contributed by atoms with Crippen LogP contribution in [0.1, 0.15) is 17.3 Å². The minimum Gasteiger partial charge on any atom is -0.478 e. The second kappa shape index (κ2) is 7.70. The number of carboxylic acid groups (broad SMARTS) is 1. The molecule has 0 saturated carbocycles. The Kier molecular flexibility index (Phi) is 6.26. The number of hydrogen-bond donors (Lipinski definition) is 3. The quantitative estimate of drug-likeness (QED) is 0.717. The third kappa shape index (κ3) is 5.13. The zero-order valence-electron chi connectivity index (χ0n) is 10.9. The molecule has 0 saturated heterocycles. The van der Waals surface area contributed by atoms with Crippen molar-refractivity contribution in [1.29, 1.82) is 0 Å². The first kappa shape index (κ1) is 17.1. The van der Waals surface area contributed by atoms with Crippen LogP contribution in [0.4, 0.5) is 10.5 Å². The van der Waals surface area contributed by atoms with Crippen molar-refractivity contribution in [2.45, 2.75) is 6.92 Å². The maximum Gasteiger partial charge on any atom is 0.335 e. The number of carboxylic acids is 1. The van der Waals surface area contributed by atoms with Gasteiger partial charge in [0.1, 0.15) is 6.54 Å². The van der Waals surface area contributed by atoms with Crippen LogP contribution in [-0.4, -0.2) is 36.2 Å². The van der Waals surface area contributed by atoms with Crippen LogP contribution >= 0.6 is 23.2 Å². The van der Waals surface area contributed by atoms with Crippen molar-refractivity contribution in [2.75, 3.05) is 18.5 Å². The van der Waals surface area contributed by atoms with Gasteiger partial charge >= 0.3 is 18.0 Å². The van der Waals surface area contributed by atoms with E-state index in [-0.39, 0.29) is 34.4 Å². The maximum absolute atomic E-state index is 11.6. The van der Waals surface area contributed by atoms with Gasteiger partial charge in [0.2, 0.25) is 0 Å². The molecule has 2 amide bonds. The second-order valence-electron chi connectivity index (χ2n) is 3.73. The summed E-state index contributed by atoms with van der Waals surface area (Å²) in [6, 6.07) is 1.57. The number of halogens is 2. The third-order valence-electron chi connectivity index (χ3n) is 2.23. The van der Waals surface area contributed by atoms with E-state index in [0.29, 0.717) is 0 Å². The number of urea groups is 1. The van der Waals surface area contributed by atoms with Crippen LogP contribution in [0.5, 0.6) is 0 Å². The van der Waals surface area contributed by atoms with Crippen LogP contribution in [0.15, 0.2) is 12.1 Å². The van der Waals surface area contributed by atoms with Crippen molar-refractivity contribution < 1.29 is 24.2 Å². The van der Waals surface area contributed by atoms with E-state index in [4.69, 9.17) is 28.3 Å². The van der Waals surface area contributed by atoms with Gasteiger partial charge in [0.05, 0.1) is 27.9 Å². The highest BCUT2D eigenvalue weighted by Gasteiger charge is 2.15. The van der Waals surface area contributed by atoms with Gasteiger partial charge < -0.3 is 20.5 Å². The van der Waals surface area contributed by atoms with Gasteiger partial charge in [-0.25, -0.2) is 9.59 Å². The minimum atomic E-state index is -1.20. The number of rotatable bonds is 5. The van der Waals surface area contributed by atoms with E-state index < -0.39 is 18.0 Å². The molecular weight excluding hydrogens is 323 g/mol. The molecule has 3 N–H and O–H groups in total. The van der Waals surface area contributed by atoms with E-state index in [1.807, 2.05) is 0 Å². The van der Waals surface area contributed by atoms with Gasteiger partial charge in [-0.2, -0.15) is 0 Å². The predicted octanol–water partition coefficient (Wildman–Crippen LogP) is 2.38. The summed E-state index contributed by atoms with van der Waals surface area (Å²) < 4.78 is 4.63. The highest BCUT2D eigenvalue weighted by atomic mass is 35.5. The molecule has 114 valence electrons. The van der Waals surface area contributed by atoms with Crippen molar-refractivity contribution in [3.05, 3.63) is 27.7 Å². The van der Waals surface area contributed by atoms with Crippen LogP contribution in [0.2, 0.25) is 10.0 Å². The summed E-state index contributed by atoms with van der Waals surface area (Å²) in [5.41, 5.74) is -0.0628. The molecule has 1 rings (SSSR count).